The summed E-state index contributed by atoms with van der Waals surface area (Å²) in [7, 11) is 0. The van der Waals surface area contributed by atoms with Gasteiger partial charge < -0.3 is 9.15 Å². The Hall–Kier alpha value is -1.25. The van der Waals surface area contributed by atoms with Crippen LogP contribution < -0.4 is 0 Å². The largest absolute Gasteiger partial charge is 0.468 e. The van der Waals surface area contributed by atoms with Crippen LogP contribution in [0.15, 0.2) is 10.7 Å². The van der Waals surface area contributed by atoms with E-state index in [9.17, 15) is 4.79 Å². The molecular weight excluding hydrogens is 168 g/mol. The number of esters is 1. The van der Waals surface area contributed by atoms with Gasteiger partial charge in [0.2, 0.25) is 0 Å². The summed E-state index contributed by atoms with van der Waals surface area (Å²) >= 11 is 0. The molecule has 2 heterocycles. The molecule has 0 saturated carbocycles. The van der Waals surface area contributed by atoms with Crippen molar-refractivity contribution in [1.29, 1.82) is 0 Å². The van der Waals surface area contributed by atoms with Gasteiger partial charge in [-0.15, -0.1) is 0 Å². The van der Waals surface area contributed by atoms with Crippen LogP contribution in [0.25, 0.3) is 0 Å². The molecule has 1 aromatic rings. The molecule has 0 aliphatic carbocycles. The Kier molecular flexibility index (Phi) is 1.87. The summed E-state index contributed by atoms with van der Waals surface area (Å²) in [6.45, 7) is 4.56. The van der Waals surface area contributed by atoms with Gasteiger partial charge in [-0.1, -0.05) is 13.8 Å². The van der Waals surface area contributed by atoms with Gasteiger partial charge in [0.15, 0.2) is 0 Å². The first kappa shape index (κ1) is 8.35. The van der Waals surface area contributed by atoms with Gasteiger partial charge in [0.05, 0.1) is 6.26 Å². The lowest BCUT2D eigenvalue weighted by Gasteiger charge is -2.01. The molecule has 0 amide bonds. The van der Waals surface area contributed by atoms with Crippen molar-refractivity contribution in [3.63, 3.8) is 0 Å². The molecule has 0 saturated heterocycles. The van der Waals surface area contributed by atoms with Gasteiger partial charge in [-0.25, -0.2) is 4.79 Å². The van der Waals surface area contributed by atoms with Crippen molar-refractivity contribution in [2.24, 2.45) is 5.92 Å². The molecule has 3 heteroatoms. The highest BCUT2D eigenvalue weighted by atomic mass is 16.5. The van der Waals surface area contributed by atoms with E-state index >= 15 is 0 Å². The average molecular weight is 180 g/mol. The van der Waals surface area contributed by atoms with E-state index in [0.29, 0.717) is 18.1 Å². The van der Waals surface area contributed by atoms with Crippen LogP contribution >= 0.6 is 0 Å². The van der Waals surface area contributed by atoms with Gasteiger partial charge in [-0.05, 0) is 5.92 Å². The summed E-state index contributed by atoms with van der Waals surface area (Å²) in [5.74, 6) is 1.02. The number of rotatable bonds is 2. The lowest BCUT2D eigenvalue weighted by molar-refractivity contribution is 0.0528. The smallest absolute Gasteiger partial charge is 0.342 e. The van der Waals surface area contributed by atoms with Gasteiger partial charge in [0.1, 0.15) is 17.9 Å². The monoisotopic (exact) mass is 180 g/mol. The van der Waals surface area contributed by atoms with E-state index in [-0.39, 0.29) is 5.97 Å². The third-order valence-corrected chi connectivity index (χ3v) is 2.10. The Balaban J connectivity index is 2.33. The third-order valence-electron chi connectivity index (χ3n) is 2.10. The molecule has 1 aliphatic heterocycles. The summed E-state index contributed by atoms with van der Waals surface area (Å²) in [6.07, 6.45) is 2.42. The molecule has 0 aromatic carbocycles. The topological polar surface area (TPSA) is 39.4 Å². The molecular formula is C10H12O3. The molecule has 70 valence electrons. The first-order valence-electron chi connectivity index (χ1n) is 4.45. The molecule has 13 heavy (non-hydrogen) atoms. The van der Waals surface area contributed by atoms with E-state index in [1.54, 1.807) is 6.26 Å². The predicted octanol–water partition coefficient (Wildman–Crippen LogP) is 2.15. The lowest BCUT2D eigenvalue weighted by atomic mass is 10.0. The van der Waals surface area contributed by atoms with E-state index < -0.39 is 0 Å². The number of furan rings is 1. The molecule has 0 atom stereocenters. The summed E-state index contributed by atoms with van der Waals surface area (Å²) in [5, 5.41) is 0. The lowest BCUT2D eigenvalue weighted by Crippen LogP contribution is -2.01. The van der Waals surface area contributed by atoms with E-state index in [0.717, 1.165) is 17.7 Å². The summed E-state index contributed by atoms with van der Waals surface area (Å²) in [6, 6.07) is 0. The number of fused-ring (bicyclic) bond motifs is 1. The molecule has 0 bridgehead atoms. The Morgan fingerprint density at radius 2 is 2.31 bits per heavy atom. The molecule has 0 spiro atoms. The zero-order valence-electron chi connectivity index (χ0n) is 7.79. The molecule has 1 aromatic heterocycles. The normalized spacial score (nSPS) is 14.8. The van der Waals surface area contributed by atoms with E-state index in [1.165, 1.54) is 0 Å². The minimum Gasteiger partial charge on any atom is -0.468 e. The second-order valence-corrected chi connectivity index (χ2v) is 3.73. The van der Waals surface area contributed by atoms with Gasteiger partial charge in [-0.3, -0.25) is 0 Å². The second kappa shape index (κ2) is 2.91. The van der Waals surface area contributed by atoms with E-state index in [4.69, 9.17) is 9.15 Å². The van der Waals surface area contributed by atoms with Crippen LogP contribution in [0, 0.1) is 5.92 Å². The zero-order valence-corrected chi connectivity index (χ0v) is 7.79. The summed E-state index contributed by atoms with van der Waals surface area (Å²) in [5.41, 5.74) is 1.55. The predicted molar refractivity (Wildman–Crippen MR) is 46.4 cm³/mol. The SMILES string of the molecule is CC(C)Cc1occ2c1C(=O)OC2. The van der Waals surface area contributed by atoms with Crippen molar-refractivity contribution in [2.75, 3.05) is 0 Å². The number of ether oxygens (including phenoxy) is 1. The van der Waals surface area contributed by atoms with Crippen molar-refractivity contribution in [3.8, 4) is 0 Å². The van der Waals surface area contributed by atoms with Crippen LogP contribution in [0.1, 0.15) is 35.5 Å². The highest BCUT2D eigenvalue weighted by Crippen LogP contribution is 2.26. The van der Waals surface area contributed by atoms with Crippen molar-refractivity contribution in [1.82, 2.24) is 0 Å². The molecule has 0 N–H and O–H groups in total. The van der Waals surface area contributed by atoms with Crippen LogP contribution in [0.5, 0.6) is 0 Å². The third kappa shape index (κ3) is 1.34. The number of cyclic esters (lactones) is 1. The number of carbonyl (C=O) groups is 1. The molecule has 0 radical (unpaired) electrons. The van der Waals surface area contributed by atoms with Gasteiger partial charge >= 0.3 is 5.97 Å². The zero-order chi connectivity index (χ0) is 9.42. The second-order valence-electron chi connectivity index (χ2n) is 3.73. The van der Waals surface area contributed by atoms with Crippen LogP contribution in [-0.2, 0) is 17.8 Å². The molecule has 1 aliphatic rings. The van der Waals surface area contributed by atoms with Crippen molar-refractivity contribution < 1.29 is 13.9 Å². The van der Waals surface area contributed by atoms with E-state index in [2.05, 4.69) is 13.8 Å². The Morgan fingerprint density at radius 3 is 3.00 bits per heavy atom. The van der Waals surface area contributed by atoms with Crippen LogP contribution in [0.4, 0.5) is 0 Å². The Bertz CT molecular complexity index is 336. The maximum atomic E-state index is 11.2. The highest BCUT2D eigenvalue weighted by molar-refractivity contribution is 5.94. The fourth-order valence-electron chi connectivity index (χ4n) is 1.53. The van der Waals surface area contributed by atoms with Crippen molar-refractivity contribution >= 4 is 5.97 Å². The molecule has 3 nitrogen and oxygen atoms in total. The minimum atomic E-state index is -0.237. The van der Waals surface area contributed by atoms with Crippen LogP contribution in [0.2, 0.25) is 0 Å². The molecule has 0 fully saturated rings. The molecule has 0 unspecified atom stereocenters. The summed E-state index contributed by atoms with van der Waals surface area (Å²) in [4.78, 5) is 11.2. The quantitative estimate of drug-likeness (QED) is 0.654. The van der Waals surface area contributed by atoms with Gasteiger partial charge in [0, 0.05) is 12.0 Å². The first-order chi connectivity index (χ1) is 6.18. The number of hydrogen-bond donors (Lipinski definition) is 0. The number of carbonyl (C=O) groups excluding carboxylic acids is 1. The minimum absolute atomic E-state index is 0.237. The van der Waals surface area contributed by atoms with Crippen LogP contribution in [0.3, 0.4) is 0 Å². The maximum absolute atomic E-state index is 11.2. The standard InChI is InChI=1S/C10H12O3/c1-6(2)3-8-9-7(4-12-8)5-13-10(9)11/h4,6H,3,5H2,1-2H3. The number of hydrogen-bond acceptors (Lipinski definition) is 3. The van der Waals surface area contributed by atoms with Gasteiger partial charge in [0.25, 0.3) is 0 Å². The van der Waals surface area contributed by atoms with E-state index in [1.807, 2.05) is 0 Å². The van der Waals surface area contributed by atoms with Gasteiger partial charge in [-0.2, -0.15) is 0 Å². The van der Waals surface area contributed by atoms with Crippen molar-refractivity contribution in [2.45, 2.75) is 26.9 Å². The maximum Gasteiger partial charge on any atom is 0.342 e. The van der Waals surface area contributed by atoms with Crippen LogP contribution in [-0.4, -0.2) is 5.97 Å². The first-order valence-corrected chi connectivity index (χ1v) is 4.45. The Morgan fingerprint density at radius 1 is 1.54 bits per heavy atom. The fraction of sp³-hybridized carbons (Fsp3) is 0.500. The molecule has 2 rings (SSSR count). The highest BCUT2D eigenvalue weighted by Gasteiger charge is 2.28. The Labute approximate surface area is 76.7 Å². The average Bonchev–Trinajstić information content (AvgIpc) is 2.56. The van der Waals surface area contributed by atoms with Crippen molar-refractivity contribution in [3.05, 3.63) is 23.2 Å². The fourth-order valence-corrected chi connectivity index (χ4v) is 1.53. The summed E-state index contributed by atoms with van der Waals surface area (Å²) < 4.78 is 10.2.